The van der Waals surface area contributed by atoms with E-state index in [0.717, 1.165) is 53.9 Å². The fraction of sp³-hybridized carbons (Fsp3) is 0.464. The normalized spacial score (nSPS) is 14.2. The number of esters is 1. The molecule has 36 heavy (non-hydrogen) atoms. The lowest BCUT2D eigenvalue weighted by molar-refractivity contribution is 0.0600. The van der Waals surface area contributed by atoms with Gasteiger partial charge < -0.3 is 14.4 Å². The summed E-state index contributed by atoms with van der Waals surface area (Å²) in [7, 11) is 3.16. The number of piperazine rings is 1. The van der Waals surface area contributed by atoms with Crippen LogP contribution in [-0.4, -0.2) is 74.6 Å². The first-order chi connectivity index (χ1) is 17.7. The van der Waals surface area contributed by atoms with Crippen LogP contribution in [0.2, 0.25) is 0 Å². The molecule has 7 nitrogen and oxygen atoms in total. The molecule has 0 saturated carbocycles. The lowest BCUT2D eigenvalue weighted by Gasteiger charge is -2.36. The van der Waals surface area contributed by atoms with E-state index in [1.165, 1.54) is 51.4 Å². The number of hydrogen-bond acceptors (Lipinski definition) is 8. The molecule has 0 radical (unpaired) electrons. The minimum Gasteiger partial charge on any atom is -0.465 e. The van der Waals surface area contributed by atoms with Crippen molar-refractivity contribution in [3.8, 4) is 21.1 Å². The first-order valence-electron chi connectivity index (χ1n) is 12.8. The molecule has 0 amide bonds. The Labute approximate surface area is 218 Å². The van der Waals surface area contributed by atoms with E-state index in [9.17, 15) is 4.79 Å². The Bertz CT molecular complexity index is 1080. The molecule has 8 heteroatoms. The molecule has 2 aromatic carbocycles. The van der Waals surface area contributed by atoms with Crippen LogP contribution in [0, 0.1) is 0 Å². The van der Waals surface area contributed by atoms with Gasteiger partial charge in [-0.1, -0.05) is 42.7 Å². The Morgan fingerprint density at radius 1 is 0.806 bits per heavy atom. The fourth-order valence-corrected chi connectivity index (χ4v) is 5.33. The zero-order valence-electron chi connectivity index (χ0n) is 21.3. The van der Waals surface area contributed by atoms with E-state index in [0.29, 0.717) is 5.56 Å². The predicted molar refractivity (Wildman–Crippen MR) is 146 cm³/mol. The van der Waals surface area contributed by atoms with Crippen LogP contribution in [0.15, 0.2) is 48.5 Å². The quantitative estimate of drug-likeness (QED) is 0.240. The van der Waals surface area contributed by atoms with Crippen LogP contribution in [0.5, 0.6) is 0 Å². The van der Waals surface area contributed by atoms with Gasteiger partial charge in [0.15, 0.2) is 0 Å². The van der Waals surface area contributed by atoms with Gasteiger partial charge in [0, 0.05) is 56.7 Å². The second kappa shape index (κ2) is 13.5. The van der Waals surface area contributed by atoms with Crippen LogP contribution < -0.4 is 4.90 Å². The van der Waals surface area contributed by atoms with E-state index >= 15 is 0 Å². The Balaban J connectivity index is 1.25. The van der Waals surface area contributed by atoms with E-state index < -0.39 is 0 Å². The SMILES string of the molecule is COCCCCCCCN1CCN(c2ccc(-c3nnc(-c4ccc(C(=O)OC)cc4)s3)cc2)CC1. The van der Waals surface area contributed by atoms with E-state index in [4.69, 9.17) is 9.47 Å². The first kappa shape index (κ1) is 26.3. The highest BCUT2D eigenvalue weighted by Crippen LogP contribution is 2.31. The molecular formula is C28H36N4O3S. The largest absolute Gasteiger partial charge is 0.465 e. The van der Waals surface area contributed by atoms with Crippen molar-refractivity contribution >= 4 is 23.0 Å². The van der Waals surface area contributed by atoms with Crippen LogP contribution in [0.25, 0.3) is 21.1 Å². The van der Waals surface area contributed by atoms with Crippen molar-refractivity contribution in [2.24, 2.45) is 0 Å². The molecule has 1 saturated heterocycles. The zero-order chi connectivity index (χ0) is 25.2. The van der Waals surface area contributed by atoms with Gasteiger partial charge in [0.05, 0.1) is 12.7 Å². The summed E-state index contributed by atoms with van der Waals surface area (Å²) in [5, 5.41) is 10.5. The zero-order valence-corrected chi connectivity index (χ0v) is 22.1. The Kier molecular flexibility index (Phi) is 9.84. The first-order valence-corrected chi connectivity index (χ1v) is 13.6. The highest BCUT2D eigenvalue weighted by molar-refractivity contribution is 7.17. The van der Waals surface area contributed by atoms with Gasteiger partial charge in [0.2, 0.25) is 0 Å². The molecule has 0 spiro atoms. The highest BCUT2D eigenvalue weighted by Gasteiger charge is 2.17. The minimum atomic E-state index is -0.342. The Morgan fingerprint density at radius 3 is 2.00 bits per heavy atom. The summed E-state index contributed by atoms with van der Waals surface area (Å²) in [4.78, 5) is 16.7. The number of carbonyl (C=O) groups is 1. The average Bonchev–Trinajstić information content (AvgIpc) is 3.43. The van der Waals surface area contributed by atoms with E-state index in [1.807, 2.05) is 12.1 Å². The topological polar surface area (TPSA) is 67.8 Å². The van der Waals surface area contributed by atoms with Gasteiger partial charge in [0.1, 0.15) is 10.0 Å². The molecule has 1 aliphatic heterocycles. The smallest absolute Gasteiger partial charge is 0.337 e. The molecule has 0 aliphatic carbocycles. The summed E-state index contributed by atoms with van der Waals surface area (Å²) >= 11 is 1.55. The number of benzene rings is 2. The molecule has 1 aromatic heterocycles. The summed E-state index contributed by atoms with van der Waals surface area (Å²) in [6, 6.07) is 15.9. The lowest BCUT2D eigenvalue weighted by atomic mass is 10.1. The standard InChI is InChI=1S/C28H36N4O3S/c1-34-21-7-5-3-4-6-16-31-17-19-32(20-18-31)25-14-12-23(13-15-25)27-30-29-26(36-27)22-8-10-24(11-9-22)28(33)35-2/h8-15H,3-7,16-21H2,1-2H3. The highest BCUT2D eigenvalue weighted by atomic mass is 32.1. The fourth-order valence-electron chi connectivity index (χ4n) is 4.48. The maximum absolute atomic E-state index is 11.6. The lowest BCUT2D eigenvalue weighted by Crippen LogP contribution is -2.46. The van der Waals surface area contributed by atoms with Crippen molar-refractivity contribution < 1.29 is 14.3 Å². The molecule has 4 rings (SSSR count). The van der Waals surface area contributed by atoms with Gasteiger partial charge in [-0.05, 0) is 55.8 Å². The number of ether oxygens (including phenoxy) is 2. The van der Waals surface area contributed by atoms with Gasteiger partial charge >= 0.3 is 5.97 Å². The average molecular weight is 509 g/mol. The van der Waals surface area contributed by atoms with Crippen LogP contribution in [0.4, 0.5) is 5.69 Å². The maximum Gasteiger partial charge on any atom is 0.337 e. The van der Waals surface area contributed by atoms with Crippen molar-refractivity contribution in [1.29, 1.82) is 0 Å². The van der Waals surface area contributed by atoms with E-state index in [-0.39, 0.29) is 5.97 Å². The number of aromatic nitrogens is 2. The van der Waals surface area contributed by atoms with Gasteiger partial charge in [-0.15, -0.1) is 10.2 Å². The molecule has 2 heterocycles. The number of methoxy groups -OCH3 is 2. The third-order valence-electron chi connectivity index (χ3n) is 6.65. The number of anilines is 1. The van der Waals surface area contributed by atoms with Gasteiger partial charge in [-0.25, -0.2) is 4.79 Å². The monoisotopic (exact) mass is 508 g/mol. The molecule has 0 bridgehead atoms. The molecule has 0 unspecified atom stereocenters. The van der Waals surface area contributed by atoms with Crippen molar-refractivity contribution in [2.75, 3.05) is 58.5 Å². The van der Waals surface area contributed by atoms with Crippen molar-refractivity contribution in [2.45, 2.75) is 32.1 Å². The number of unbranched alkanes of at least 4 members (excludes halogenated alkanes) is 4. The second-order valence-electron chi connectivity index (χ2n) is 9.12. The third-order valence-corrected chi connectivity index (χ3v) is 7.67. The van der Waals surface area contributed by atoms with Crippen molar-refractivity contribution in [3.63, 3.8) is 0 Å². The van der Waals surface area contributed by atoms with Crippen LogP contribution >= 0.6 is 11.3 Å². The summed E-state index contributed by atoms with van der Waals surface area (Å²) < 4.78 is 9.88. The number of rotatable bonds is 12. The van der Waals surface area contributed by atoms with Crippen molar-refractivity contribution in [1.82, 2.24) is 15.1 Å². The minimum absolute atomic E-state index is 0.342. The maximum atomic E-state index is 11.6. The van der Waals surface area contributed by atoms with Crippen LogP contribution in [0.1, 0.15) is 42.5 Å². The third kappa shape index (κ3) is 7.12. The Morgan fingerprint density at radius 2 is 1.39 bits per heavy atom. The summed E-state index contributed by atoms with van der Waals surface area (Å²) in [6.45, 7) is 6.48. The van der Waals surface area contributed by atoms with Crippen LogP contribution in [0.3, 0.4) is 0 Å². The number of nitrogens with zero attached hydrogens (tertiary/aromatic N) is 4. The number of hydrogen-bond donors (Lipinski definition) is 0. The summed E-state index contributed by atoms with van der Waals surface area (Å²) in [6.07, 6.45) is 6.38. The molecule has 0 atom stereocenters. The molecule has 1 fully saturated rings. The van der Waals surface area contributed by atoms with Gasteiger partial charge in [-0.2, -0.15) is 0 Å². The van der Waals surface area contributed by atoms with Gasteiger partial charge in [-0.3, -0.25) is 4.90 Å². The van der Waals surface area contributed by atoms with Crippen LogP contribution in [-0.2, 0) is 9.47 Å². The molecule has 3 aromatic rings. The molecular weight excluding hydrogens is 472 g/mol. The van der Waals surface area contributed by atoms with Gasteiger partial charge in [0.25, 0.3) is 0 Å². The summed E-state index contributed by atoms with van der Waals surface area (Å²) in [5.41, 5.74) is 3.79. The summed E-state index contributed by atoms with van der Waals surface area (Å²) in [5.74, 6) is -0.342. The second-order valence-corrected chi connectivity index (χ2v) is 10.1. The van der Waals surface area contributed by atoms with E-state index in [2.05, 4.69) is 44.3 Å². The molecule has 1 aliphatic rings. The molecule has 192 valence electrons. The van der Waals surface area contributed by atoms with E-state index in [1.54, 1.807) is 30.6 Å². The van der Waals surface area contributed by atoms with Crippen molar-refractivity contribution in [3.05, 3.63) is 54.1 Å². The molecule has 0 N–H and O–H groups in total. The Hall–Kier alpha value is -2.81. The predicted octanol–water partition coefficient (Wildman–Crippen LogP) is 5.38. The number of carbonyl (C=O) groups excluding carboxylic acids is 1.